The summed E-state index contributed by atoms with van der Waals surface area (Å²) >= 11 is 0. The number of hydrogen-bond donors (Lipinski definition) is 2. The highest BCUT2D eigenvalue weighted by molar-refractivity contribution is 5.79. The van der Waals surface area contributed by atoms with Crippen molar-refractivity contribution in [3.05, 3.63) is 0 Å². The Kier molecular flexibility index (Phi) is 6.64. The lowest BCUT2D eigenvalue weighted by molar-refractivity contribution is -0.135. The standard InChI is InChI=1S/C16H29N3O3/c17-13-16(5-2-1-3-6-16)12-14(20)18-7-4-15(21)19-8-10-22-11-9-19/h1-13,17H2,(H,18,20). The first-order valence-electron chi connectivity index (χ1n) is 8.47. The van der Waals surface area contributed by atoms with Crippen LogP contribution in [0.15, 0.2) is 0 Å². The molecule has 22 heavy (non-hydrogen) atoms. The lowest BCUT2D eigenvalue weighted by Crippen LogP contribution is -2.42. The molecule has 1 saturated carbocycles. The van der Waals surface area contributed by atoms with E-state index in [1.54, 1.807) is 4.90 Å². The number of nitrogens with zero attached hydrogens (tertiary/aromatic N) is 1. The van der Waals surface area contributed by atoms with E-state index in [-0.39, 0.29) is 17.2 Å². The number of carbonyl (C=O) groups excluding carboxylic acids is 2. The summed E-state index contributed by atoms with van der Waals surface area (Å²) in [6.07, 6.45) is 6.53. The molecular formula is C16H29N3O3. The molecule has 3 N–H and O–H groups in total. The maximum absolute atomic E-state index is 12.1. The van der Waals surface area contributed by atoms with Gasteiger partial charge in [-0.2, -0.15) is 0 Å². The fourth-order valence-electron chi connectivity index (χ4n) is 3.44. The molecule has 6 heteroatoms. The summed E-state index contributed by atoms with van der Waals surface area (Å²) in [5, 5.41) is 2.89. The second-order valence-corrected chi connectivity index (χ2v) is 6.53. The molecule has 0 bridgehead atoms. The molecule has 0 aromatic rings. The van der Waals surface area contributed by atoms with E-state index in [0.29, 0.717) is 52.2 Å². The van der Waals surface area contributed by atoms with E-state index in [1.165, 1.54) is 19.3 Å². The summed E-state index contributed by atoms with van der Waals surface area (Å²) in [4.78, 5) is 25.9. The maximum Gasteiger partial charge on any atom is 0.224 e. The molecule has 1 aliphatic heterocycles. The van der Waals surface area contributed by atoms with E-state index in [4.69, 9.17) is 10.5 Å². The highest BCUT2D eigenvalue weighted by Crippen LogP contribution is 2.38. The van der Waals surface area contributed by atoms with E-state index in [2.05, 4.69) is 5.32 Å². The van der Waals surface area contributed by atoms with Crippen molar-refractivity contribution in [2.75, 3.05) is 39.4 Å². The Hall–Kier alpha value is -1.14. The number of amides is 2. The van der Waals surface area contributed by atoms with Crippen LogP contribution in [-0.4, -0.2) is 56.1 Å². The summed E-state index contributed by atoms with van der Waals surface area (Å²) in [5.74, 6) is 0.122. The molecule has 1 heterocycles. The maximum atomic E-state index is 12.1. The average Bonchev–Trinajstić information content (AvgIpc) is 2.56. The third kappa shape index (κ3) is 4.95. The number of ether oxygens (including phenoxy) is 1. The minimum atomic E-state index is -0.0173. The zero-order valence-corrected chi connectivity index (χ0v) is 13.4. The van der Waals surface area contributed by atoms with Gasteiger partial charge in [0.15, 0.2) is 0 Å². The van der Waals surface area contributed by atoms with Crippen molar-refractivity contribution in [3.63, 3.8) is 0 Å². The van der Waals surface area contributed by atoms with Gasteiger partial charge in [0.05, 0.1) is 13.2 Å². The van der Waals surface area contributed by atoms with E-state index in [9.17, 15) is 9.59 Å². The Balaban J connectivity index is 1.67. The van der Waals surface area contributed by atoms with E-state index in [0.717, 1.165) is 12.8 Å². The zero-order chi connectivity index (χ0) is 15.8. The quantitative estimate of drug-likeness (QED) is 0.754. The van der Waals surface area contributed by atoms with Gasteiger partial charge in [0.25, 0.3) is 0 Å². The van der Waals surface area contributed by atoms with Crippen molar-refractivity contribution in [1.29, 1.82) is 0 Å². The molecule has 126 valence electrons. The Bertz CT molecular complexity index is 375. The highest BCUT2D eigenvalue weighted by Gasteiger charge is 2.32. The topological polar surface area (TPSA) is 84.7 Å². The molecule has 0 aromatic heterocycles. The molecule has 2 fully saturated rings. The molecule has 6 nitrogen and oxygen atoms in total. The summed E-state index contributed by atoms with van der Waals surface area (Å²) in [6, 6.07) is 0. The van der Waals surface area contributed by atoms with Gasteiger partial charge in [-0.05, 0) is 24.8 Å². The number of carbonyl (C=O) groups is 2. The predicted octanol–water partition coefficient (Wildman–Crippen LogP) is 0.651. The van der Waals surface area contributed by atoms with Crippen LogP contribution < -0.4 is 11.1 Å². The van der Waals surface area contributed by atoms with Crippen LogP contribution in [0.4, 0.5) is 0 Å². The van der Waals surface area contributed by atoms with Gasteiger partial charge in [0, 0.05) is 32.5 Å². The van der Waals surface area contributed by atoms with Crippen molar-refractivity contribution in [2.45, 2.75) is 44.9 Å². The Labute approximate surface area is 132 Å². The second-order valence-electron chi connectivity index (χ2n) is 6.53. The Morgan fingerprint density at radius 1 is 1.14 bits per heavy atom. The summed E-state index contributed by atoms with van der Waals surface area (Å²) in [7, 11) is 0. The zero-order valence-electron chi connectivity index (χ0n) is 13.4. The van der Waals surface area contributed by atoms with Crippen LogP contribution in [-0.2, 0) is 14.3 Å². The Morgan fingerprint density at radius 2 is 1.82 bits per heavy atom. The first kappa shape index (κ1) is 17.2. The average molecular weight is 311 g/mol. The van der Waals surface area contributed by atoms with Crippen LogP contribution in [0, 0.1) is 5.41 Å². The highest BCUT2D eigenvalue weighted by atomic mass is 16.5. The Morgan fingerprint density at radius 3 is 2.45 bits per heavy atom. The lowest BCUT2D eigenvalue weighted by Gasteiger charge is -2.35. The second kappa shape index (κ2) is 8.48. The molecule has 0 radical (unpaired) electrons. The van der Waals surface area contributed by atoms with E-state index >= 15 is 0 Å². The molecular weight excluding hydrogens is 282 g/mol. The largest absolute Gasteiger partial charge is 0.378 e. The van der Waals surface area contributed by atoms with Gasteiger partial charge in [-0.15, -0.1) is 0 Å². The molecule has 0 aromatic carbocycles. The van der Waals surface area contributed by atoms with Gasteiger partial charge >= 0.3 is 0 Å². The van der Waals surface area contributed by atoms with Crippen LogP contribution in [0.2, 0.25) is 0 Å². The smallest absolute Gasteiger partial charge is 0.224 e. The van der Waals surface area contributed by atoms with Gasteiger partial charge in [-0.1, -0.05) is 19.3 Å². The van der Waals surface area contributed by atoms with E-state index in [1.807, 2.05) is 0 Å². The molecule has 0 spiro atoms. The molecule has 2 rings (SSSR count). The SMILES string of the molecule is NCC1(CC(=O)NCCC(=O)N2CCOCC2)CCCCC1. The number of morpholine rings is 1. The monoisotopic (exact) mass is 311 g/mol. The predicted molar refractivity (Wildman–Crippen MR) is 84.2 cm³/mol. The van der Waals surface area contributed by atoms with E-state index < -0.39 is 0 Å². The van der Waals surface area contributed by atoms with Gasteiger partial charge in [-0.25, -0.2) is 0 Å². The molecule has 1 aliphatic carbocycles. The van der Waals surface area contributed by atoms with Crippen LogP contribution in [0.25, 0.3) is 0 Å². The molecule has 1 saturated heterocycles. The summed E-state index contributed by atoms with van der Waals surface area (Å²) in [5.41, 5.74) is 5.89. The third-order valence-electron chi connectivity index (χ3n) is 4.91. The number of nitrogens with two attached hydrogens (primary N) is 1. The molecule has 0 unspecified atom stereocenters. The molecule has 0 atom stereocenters. The fourth-order valence-corrected chi connectivity index (χ4v) is 3.44. The van der Waals surface area contributed by atoms with Crippen molar-refractivity contribution in [3.8, 4) is 0 Å². The minimum absolute atomic E-state index is 0.0173. The number of nitrogens with one attached hydrogen (secondary N) is 1. The normalized spacial score (nSPS) is 21.4. The van der Waals surface area contributed by atoms with Crippen molar-refractivity contribution < 1.29 is 14.3 Å². The van der Waals surface area contributed by atoms with Gasteiger partial charge in [0.1, 0.15) is 0 Å². The number of rotatable bonds is 6. The lowest BCUT2D eigenvalue weighted by atomic mass is 9.71. The first-order chi connectivity index (χ1) is 10.7. The van der Waals surface area contributed by atoms with Gasteiger partial charge < -0.3 is 20.7 Å². The van der Waals surface area contributed by atoms with Crippen LogP contribution >= 0.6 is 0 Å². The van der Waals surface area contributed by atoms with Crippen LogP contribution in [0.3, 0.4) is 0 Å². The fraction of sp³-hybridized carbons (Fsp3) is 0.875. The summed E-state index contributed by atoms with van der Waals surface area (Å²) in [6.45, 7) is 3.52. The molecule has 2 aliphatic rings. The van der Waals surface area contributed by atoms with Crippen molar-refractivity contribution >= 4 is 11.8 Å². The number of hydrogen-bond acceptors (Lipinski definition) is 4. The van der Waals surface area contributed by atoms with Crippen LogP contribution in [0.5, 0.6) is 0 Å². The molecule has 2 amide bonds. The minimum Gasteiger partial charge on any atom is -0.378 e. The van der Waals surface area contributed by atoms with Gasteiger partial charge in [-0.3, -0.25) is 9.59 Å². The van der Waals surface area contributed by atoms with Crippen molar-refractivity contribution in [1.82, 2.24) is 10.2 Å². The summed E-state index contributed by atoms with van der Waals surface area (Å²) < 4.78 is 5.23. The third-order valence-corrected chi connectivity index (χ3v) is 4.91. The first-order valence-corrected chi connectivity index (χ1v) is 8.47. The van der Waals surface area contributed by atoms with Gasteiger partial charge in [0.2, 0.25) is 11.8 Å². The van der Waals surface area contributed by atoms with Crippen LogP contribution in [0.1, 0.15) is 44.9 Å². The van der Waals surface area contributed by atoms with Crippen molar-refractivity contribution in [2.24, 2.45) is 11.1 Å².